The van der Waals surface area contributed by atoms with Gasteiger partial charge in [0.25, 0.3) is 5.91 Å². The molecule has 0 aliphatic carbocycles. The fraction of sp³-hybridized carbons (Fsp3) is 0.0476. The summed E-state index contributed by atoms with van der Waals surface area (Å²) in [5, 5.41) is 7.76. The molecule has 2 heterocycles. The number of benzene rings is 2. The SMILES string of the molecule is NS(=O)(=O)c1ccc(NC(=O)c2ccc(OCc3cn4ccccc4n3)cc2)cc1. The first-order chi connectivity index (χ1) is 14.4. The number of pyridine rings is 1. The van der Waals surface area contributed by atoms with Gasteiger partial charge in [-0.05, 0) is 60.7 Å². The molecule has 0 bridgehead atoms. The number of sulfonamides is 1. The summed E-state index contributed by atoms with van der Waals surface area (Å²) >= 11 is 0. The highest BCUT2D eigenvalue weighted by Crippen LogP contribution is 2.17. The lowest BCUT2D eigenvalue weighted by atomic mass is 10.2. The second-order valence-electron chi connectivity index (χ2n) is 6.53. The van der Waals surface area contributed by atoms with Crippen molar-refractivity contribution in [2.75, 3.05) is 5.32 Å². The molecule has 0 aliphatic rings. The van der Waals surface area contributed by atoms with Crippen LogP contribution in [-0.4, -0.2) is 23.7 Å². The number of anilines is 1. The second kappa shape index (κ2) is 7.97. The van der Waals surface area contributed by atoms with Crippen molar-refractivity contribution in [3.8, 4) is 5.75 Å². The summed E-state index contributed by atoms with van der Waals surface area (Å²) in [6.07, 6.45) is 3.82. The van der Waals surface area contributed by atoms with Crippen molar-refractivity contribution in [3.05, 3.63) is 90.4 Å². The zero-order valence-electron chi connectivity index (χ0n) is 15.7. The van der Waals surface area contributed by atoms with Gasteiger partial charge in [0, 0.05) is 23.6 Å². The maximum atomic E-state index is 12.4. The lowest BCUT2D eigenvalue weighted by Gasteiger charge is -2.08. The molecule has 0 saturated heterocycles. The van der Waals surface area contributed by atoms with E-state index in [1.165, 1.54) is 24.3 Å². The number of nitrogens with zero attached hydrogens (tertiary/aromatic N) is 2. The van der Waals surface area contributed by atoms with Crippen LogP contribution in [0.15, 0.2) is 84.0 Å². The molecule has 1 amide bonds. The molecule has 0 atom stereocenters. The smallest absolute Gasteiger partial charge is 0.255 e. The van der Waals surface area contributed by atoms with Gasteiger partial charge in [-0.2, -0.15) is 0 Å². The lowest BCUT2D eigenvalue weighted by Crippen LogP contribution is -2.13. The molecule has 0 saturated carbocycles. The summed E-state index contributed by atoms with van der Waals surface area (Å²) in [6, 6.07) is 18.1. The molecule has 152 valence electrons. The van der Waals surface area contributed by atoms with Crippen molar-refractivity contribution in [2.24, 2.45) is 5.14 Å². The van der Waals surface area contributed by atoms with E-state index in [0.29, 0.717) is 23.6 Å². The Balaban J connectivity index is 1.37. The van der Waals surface area contributed by atoms with E-state index in [2.05, 4.69) is 10.3 Å². The van der Waals surface area contributed by atoms with Crippen LogP contribution < -0.4 is 15.2 Å². The van der Waals surface area contributed by atoms with E-state index in [1.807, 2.05) is 35.0 Å². The van der Waals surface area contributed by atoms with Gasteiger partial charge in [0.2, 0.25) is 10.0 Å². The van der Waals surface area contributed by atoms with Gasteiger partial charge < -0.3 is 14.5 Å². The van der Waals surface area contributed by atoms with Gasteiger partial charge in [-0.15, -0.1) is 0 Å². The topological polar surface area (TPSA) is 116 Å². The van der Waals surface area contributed by atoms with E-state index in [4.69, 9.17) is 9.88 Å². The molecule has 0 fully saturated rings. The van der Waals surface area contributed by atoms with E-state index in [1.54, 1.807) is 24.3 Å². The van der Waals surface area contributed by atoms with E-state index < -0.39 is 10.0 Å². The van der Waals surface area contributed by atoms with Crippen molar-refractivity contribution in [2.45, 2.75) is 11.5 Å². The number of primary sulfonamides is 1. The zero-order valence-corrected chi connectivity index (χ0v) is 16.5. The summed E-state index contributed by atoms with van der Waals surface area (Å²) in [6.45, 7) is 0.309. The highest BCUT2D eigenvalue weighted by Gasteiger charge is 2.10. The second-order valence-corrected chi connectivity index (χ2v) is 8.10. The quantitative estimate of drug-likeness (QED) is 0.496. The highest BCUT2D eigenvalue weighted by atomic mass is 32.2. The summed E-state index contributed by atoms with van der Waals surface area (Å²) in [5.41, 5.74) is 2.54. The Hall–Kier alpha value is -3.69. The molecule has 2 aromatic heterocycles. The molecular formula is C21H18N4O4S. The maximum absolute atomic E-state index is 12.4. The number of ether oxygens (including phenoxy) is 1. The van der Waals surface area contributed by atoms with Crippen molar-refractivity contribution < 1.29 is 17.9 Å². The lowest BCUT2D eigenvalue weighted by molar-refractivity contribution is 0.102. The Morgan fingerprint density at radius 3 is 2.43 bits per heavy atom. The van der Waals surface area contributed by atoms with Crippen LogP contribution in [0.3, 0.4) is 0 Å². The summed E-state index contributed by atoms with van der Waals surface area (Å²) in [5.74, 6) is 0.284. The number of carbonyl (C=O) groups excluding carboxylic acids is 1. The number of nitrogens with one attached hydrogen (secondary N) is 1. The fourth-order valence-corrected chi connectivity index (χ4v) is 3.36. The molecule has 30 heavy (non-hydrogen) atoms. The number of fused-ring (bicyclic) bond motifs is 1. The number of carbonyl (C=O) groups is 1. The number of rotatable bonds is 6. The number of imidazole rings is 1. The van der Waals surface area contributed by atoms with Crippen LogP contribution in [-0.2, 0) is 16.6 Å². The van der Waals surface area contributed by atoms with Gasteiger partial charge in [-0.25, -0.2) is 18.5 Å². The molecule has 3 N–H and O–H groups in total. The summed E-state index contributed by atoms with van der Waals surface area (Å²) in [4.78, 5) is 16.8. The van der Waals surface area contributed by atoms with Crippen LogP contribution in [0.1, 0.15) is 16.1 Å². The standard InChI is InChI=1S/C21H18N4O4S/c22-30(27,28)19-10-6-16(7-11-19)24-21(26)15-4-8-18(9-5-15)29-14-17-13-25-12-2-1-3-20(25)23-17/h1-13H,14H2,(H,24,26)(H2,22,27,28). The largest absolute Gasteiger partial charge is 0.487 e. The summed E-state index contributed by atoms with van der Waals surface area (Å²) in [7, 11) is -3.77. The van der Waals surface area contributed by atoms with E-state index in [0.717, 1.165) is 11.3 Å². The third-order valence-corrected chi connectivity index (χ3v) is 5.29. The van der Waals surface area contributed by atoms with Gasteiger partial charge in [0.05, 0.1) is 10.6 Å². The molecule has 9 heteroatoms. The van der Waals surface area contributed by atoms with Gasteiger partial charge in [0.15, 0.2) is 0 Å². The van der Waals surface area contributed by atoms with Gasteiger partial charge in [-0.1, -0.05) is 6.07 Å². The average Bonchev–Trinajstić information content (AvgIpc) is 3.15. The van der Waals surface area contributed by atoms with Crippen molar-refractivity contribution in [1.82, 2.24) is 9.38 Å². The minimum atomic E-state index is -3.77. The minimum Gasteiger partial charge on any atom is -0.487 e. The van der Waals surface area contributed by atoms with Gasteiger partial charge in [0.1, 0.15) is 18.0 Å². The predicted octanol–water partition coefficient (Wildman–Crippen LogP) is 2.81. The van der Waals surface area contributed by atoms with Crippen LogP contribution in [0.25, 0.3) is 5.65 Å². The number of hydrogen-bond acceptors (Lipinski definition) is 5. The van der Waals surface area contributed by atoms with Crippen LogP contribution >= 0.6 is 0 Å². The zero-order chi connectivity index (χ0) is 21.1. The Bertz CT molecular complexity index is 1260. The molecule has 0 aliphatic heterocycles. The van der Waals surface area contributed by atoms with E-state index >= 15 is 0 Å². The van der Waals surface area contributed by atoms with Crippen LogP contribution in [0.5, 0.6) is 5.75 Å². The van der Waals surface area contributed by atoms with Crippen LogP contribution in [0.4, 0.5) is 5.69 Å². The highest BCUT2D eigenvalue weighted by molar-refractivity contribution is 7.89. The van der Waals surface area contributed by atoms with Crippen LogP contribution in [0.2, 0.25) is 0 Å². The fourth-order valence-electron chi connectivity index (χ4n) is 2.85. The number of hydrogen-bond donors (Lipinski definition) is 2. The molecule has 4 aromatic rings. The predicted molar refractivity (Wildman–Crippen MR) is 112 cm³/mol. The molecule has 0 spiro atoms. The Morgan fingerprint density at radius 2 is 1.77 bits per heavy atom. The molecule has 2 aromatic carbocycles. The third-order valence-electron chi connectivity index (χ3n) is 4.36. The molecule has 0 unspecified atom stereocenters. The molecule has 0 radical (unpaired) electrons. The minimum absolute atomic E-state index is 0.0207. The first kappa shape index (κ1) is 19.6. The van der Waals surface area contributed by atoms with Gasteiger partial charge in [-0.3, -0.25) is 4.79 Å². The van der Waals surface area contributed by atoms with Crippen molar-refractivity contribution in [1.29, 1.82) is 0 Å². The average molecular weight is 422 g/mol. The monoisotopic (exact) mass is 422 g/mol. The third kappa shape index (κ3) is 4.48. The van der Waals surface area contributed by atoms with Gasteiger partial charge >= 0.3 is 0 Å². The van der Waals surface area contributed by atoms with E-state index in [9.17, 15) is 13.2 Å². The molecule has 8 nitrogen and oxygen atoms in total. The number of amides is 1. The Kier molecular flexibility index (Phi) is 5.21. The summed E-state index contributed by atoms with van der Waals surface area (Å²) < 4.78 is 30.2. The molecular weight excluding hydrogens is 404 g/mol. The van der Waals surface area contributed by atoms with Crippen LogP contribution in [0, 0.1) is 0 Å². The van der Waals surface area contributed by atoms with Crippen molar-refractivity contribution in [3.63, 3.8) is 0 Å². The first-order valence-corrected chi connectivity index (χ1v) is 10.5. The number of nitrogens with two attached hydrogens (primary N) is 1. The Labute approximate surface area is 173 Å². The number of aromatic nitrogens is 2. The normalized spacial score (nSPS) is 11.4. The maximum Gasteiger partial charge on any atom is 0.255 e. The molecule has 4 rings (SSSR count). The first-order valence-electron chi connectivity index (χ1n) is 8.98. The van der Waals surface area contributed by atoms with E-state index in [-0.39, 0.29) is 10.8 Å². The Morgan fingerprint density at radius 1 is 1.03 bits per heavy atom. The van der Waals surface area contributed by atoms with Crippen molar-refractivity contribution >= 4 is 27.3 Å².